The number of halogens is 1. The first kappa shape index (κ1) is 12.4. The zero-order valence-electron chi connectivity index (χ0n) is 9.82. The predicted molar refractivity (Wildman–Crippen MR) is 66.6 cm³/mol. The Morgan fingerprint density at radius 2 is 2.06 bits per heavy atom. The van der Waals surface area contributed by atoms with Crippen LogP contribution in [0.5, 0.6) is 0 Å². The van der Waals surface area contributed by atoms with E-state index in [1.54, 1.807) is 0 Å². The summed E-state index contributed by atoms with van der Waals surface area (Å²) in [7, 11) is 0. The van der Waals surface area contributed by atoms with Crippen molar-refractivity contribution in [3.8, 4) is 0 Å². The van der Waals surface area contributed by atoms with Crippen LogP contribution in [0, 0.1) is 11.8 Å². The SMILES string of the molecule is CC1OCCC1C(=O)N1CCC(CBr)CC1. The maximum absolute atomic E-state index is 12.2. The molecule has 0 saturated carbocycles. The summed E-state index contributed by atoms with van der Waals surface area (Å²) in [6.45, 7) is 4.62. The van der Waals surface area contributed by atoms with Crippen LogP contribution in [0.25, 0.3) is 0 Å². The van der Waals surface area contributed by atoms with E-state index < -0.39 is 0 Å². The van der Waals surface area contributed by atoms with Gasteiger partial charge in [0.1, 0.15) is 0 Å². The summed E-state index contributed by atoms with van der Waals surface area (Å²) in [6.07, 6.45) is 3.29. The normalized spacial score (nSPS) is 32.0. The number of hydrogen-bond acceptors (Lipinski definition) is 2. The lowest BCUT2D eigenvalue weighted by molar-refractivity contribution is -0.138. The van der Waals surface area contributed by atoms with Gasteiger partial charge >= 0.3 is 0 Å². The second-order valence-corrected chi connectivity index (χ2v) is 5.54. The summed E-state index contributed by atoms with van der Waals surface area (Å²) in [5, 5.41) is 1.07. The van der Waals surface area contributed by atoms with Crippen molar-refractivity contribution in [2.75, 3.05) is 25.0 Å². The molecular weight excluding hydrogens is 270 g/mol. The second-order valence-electron chi connectivity index (χ2n) is 4.89. The van der Waals surface area contributed by atoms with Gasteiger partial charge in [-0.15, -0.1) is 0 Å². The van der Waals surface area contributed by atoms with Crippen LogP contribution in [0.4, 0.5) is 0 Å². The van der Waals surface area contributed by atoms with Gasteiger partial charge in [-0.1, -0.05) is 15.9 Å². The molecule has 0 radical (unpaired) electrons. The molecule has 2 unspecified atom stereocenters. The minimum Gasteiger partial charge on any atom is -0.378 e. The van der Waals surface area contributed by atoms with Crippen LogP contribution in [-0.4, -0.2) is 41.9 Å². The van der Waals surface area contributed by atoms with E-state index in [0.717, 1.165) is 50.2 Å². The van der Waals surface area contributed by atoms with Crippen LogP contribution < -0.4 is 0 Å². The Morgan fingerprint density at radius 3 is 2.56 bits per heavy atom. The number of carbonyl (C=O) groups excluding carboxylic acids is 1. The highest BCUT2D eigenvalue weighted by Gasteiger charge is 2.34. The van der Waals surface area contributed by atoms with Crippen molar-refractivity contribution in [1.82, 2.24) is 4.90 Å². The van der Waals surface area contributed by atoms with Gasteiger partial charge in [0.2, 0.25) is 5.91 Å². The van der Waals surface area contributed by atoms with Gasteiger partial charge in [-0.25, -0.2) is 0 Å². The molecule has 0 aromatic rings. The molecule has 3 nitrogen and oxygen atoms in total. The summed E-state index contributed by atoms with van der Waals surface area (Å²) in [5.41, 5.74) is 0. The van der Waals surface area contributed by atoms with Crippen molar-refractivity contribution >= 4 is 21.8 Å². The van der Waals surface area contributed by atoms with Crippen molar-refractivity contribution < 1.29 is 9.53 Å². The van der Waals surface area contributed by atoms with Crippen LogP contribution in [0.15, 0.2) is 0 Å². The van der Waals surface area contributed by atoms with Crippen molar-refractivity contribution in [2.45, 2.75) is 32.3 Å². The highest BCUT2D eigenvalue weighted by molar-refractivity contribution is 9.09. The first-order valence-corrected chi connectivity index (χ1v) is 7.31. The molecule has 0 spiro atoms. The molecule has 0 aliphatic carbocycles. The Bertz CT molecular complexity index is 251. The topological polar surface area (TPSA) is 29.5 Å². The number of carbonyl (C=O) groups is 1. The van der Waals surface area contributed by atoms with Crippen molar-refractivity contribution in [3.05, 3.63) is 0 Å². The predicted octanol–water partition coefficient (Wildman–Crippen LogP) is 2.04. The summed E-state index contributed by atoms with van der Waals surface area (Å²) in [5.74, 6) is 1.18. The summed E-state index contributed by atoms with van der Waals surface area (Å²) >= 11 is 3.52. The third-order valence-electron chi connectivity index (χ3n) is 3.84. The van der Waals surface area contributed by atoms with Gasteiger partial charge in [-0.05, 0) is 32.1 Å². The molecule has 2 aliphatic rings. The molecule has 2 heterocycles. The Hall–Kier alpha value is -0.0900. The Kier molecular flexibility index (Phi) is 4.25. The Balaban J connectivity index is 1.86. The molecule has 2 aliphatic heterocycles. The number of alkyl halides is 1. The number of rotatable bonds is 2. The minimum atomic E-state index is 0.112. The van der Waals surface area contributed by atoms with E-state index in [1.807, 2.05) is 11.8 Å². The zero-order chi connectivity index (χ0) is 11.5. The number of amides is 1. The third-order valence-corrected chi connectivity index (χ3v) is 4.75. The van der Waals surface area contributed by atoms with Gasteiger partial charge in [-0.3, -0.25) is 4.79 Å². The molecule has 0 aromatic heterocycles. The minimum absolute atomic E-state index is 0.112. The van der Waals surface area contributed by atoms with Crippen LogP contribution in [0.1, 0.15) is 26.2 Å². The molecule has 2 saturated heterocycles. The van der Waals surface area contributed by atoms with E-state index in [1.165, 1.54) is 0 Å². The van der Waals surface area contributed by atoms with Gasteiger partial charge in [0.15, 0.2) is 0 Å². The van der Waals surface area contributed by atoms with Gasteiger partial charge in [-0.2, -0.15) is 0 Å². The van der Waals surface area contributed by atoms with Crippen LogP contribution in [0.3, 0.4) is 0 Å². The zero-order valence-corrected chi connectivity index (χ0v) is 11.4. The number of nitrogens with zero attached hydrogens (tertiary/aromatic N) is 1. The third kappa shape index (κ3) is 2.59. The molecule has 4 heteroatoms. The Morgan fingerprint density at radius 1 is 1.38 bits per heavy atom. The van der Waals surface area contributed by atoms with Gasteiger partial charge in [0, 0.05) is 25.0 Å². The van der Waals surface area contributed by atoms with Gasteiger partial charge in [0.05, 0.1) is 12.0 Å². The molecular formula is C12H20BrNO2. The largest absolute Gasteiger partial charge is 0.378 e. The smallest absolute Gasteiger partial charge is 0.228 e. The first-order chi connectivity index (χ1) is 7.72. The lowest BCUT2D eigenvalue weighted by Gasteiger charge is -2.33. The number of piperidine rings is 1. The van der Waals surface area contributed by atoms with Crippen molar-refractivity contribution in [1.29, 1.82) is 0 Å². The van der Waals surface area contributed by atoms with Crippen LogP contribution >= 0.6 is 15.9 Å². The number of ether oxygens (including phenoxy) is 1. The lowest BCUT2D eigenvalue weighted by atomic mass is 9.95. The lowest BCUT2D eigenvalue weighted by Crippen LogP contribution is -2.43. The molecule has 0 bridgehead atoms. The molecule has 0 aromatic carbocycles. The monoisotopic (exact) mass is 289 g/mol. The summed E-state index contributed by atoms with van der Waals surface area (Å²) in [4.78, 5) is 14.3. The van der Waals surface area contributed by atoms with E-state index in [-0.39, 0.29) is 12.0 Å². The average molecular weight is 290 g/mol. The number of hydrogen-bond donors (Lipinski definition) is 0. The Labute approximate surface area is 106 Å². The van der Waals surface area contributed by atoms with E-state index in [2.05, 4.69) is 15.9 Å². The quantitative estimate of drug-likeness (QED) is 0.728. The summed E-state index contributed by atoms with van der Waals surface area (Å²) in [6, 6.07) is 0. The molecule has 1 amide bonds. The second kappa shape index (κ2) is 5.50. The molecule has 92 valence electrons. The summed E-state index contributed by atoms with van der Waals surface area (Å²) < 4.78 is 5.46. The fourth-order valence-corrected chi connectivity index (χ4v) is 3.25. The maximum Gasteiger partial charge on any atom is 0.228 e. The van der Waals surface area contributed by atoms with Gasteiger partial charge in [0.25, 0.3) is 0 Å². The van der Waals surface area contributed by atoms with Crippen molar-refractivity contribution in [3.63, 3.8) is 0 Å². The highest BCUT2D eigenvalue weighted by atomic mass is 79.9. The van der Waals surface area contributed by atoms with E-state index in [0.29, 0.717) is 5.91 Å². The molecule has 16 heavy (non-hydrogen) atoms. The number of likely N-dealkylation sites (tertiary alicyclic amines) is 1. The van der Waals surface area contributed by atoms with E-state index in [4.69, 9.17) is 4.74 Å². The molecule has 2 rings (SSSR count). The van der Waals surface area contributed by atoms with E-state index >= 15 is 0 Å². The average Bonchev–Trinajstić information content (AvgIpc) is 2.75. The highest BCUT2D eigenvalue weighted by Crippen LogP contribution is 2.26. The fourth-order valence-electron chi connectivity index (χ4n) is 2.60. The van der Waals surface area contributed by atoms with Crippen molar-refractivity contribution in [2.24, 2.45) is 11.8 Å². The van der Waals surface area contributed by atoms with Crippen LogP contribution in [0.2, 0.25) is 0 Å². The molecule has 2 fully saturated rings. The maximum atomic E-state index is 12.2. The van der Waals surface area contributed by atoms with Gasteiger partial charge < -0.3 is 9.64 Å². The molecule has 2 atom stereocenters. The van der Waals surface area contributed by atoms with E-state index in [9.17, 15) is 4.79 Å². The van der Waals surface area contributed by atoms with Crippen LogP contribution in [-0.2, 0) is 9.53 Å². The fraction of sp³-hybridized carbons (Fsp3) is 0.917. The molecule has 0 N–H and O–H groups in total. The first-order valence-electron chi connectivity index (χ1n) is 6.18. The standard InChI is InChI=1S/C12H20BrNO2/c1-9-11(4-7-16-9)12(15)14-5-2-10(8-13)3-6-14/h9-11H,2-8H2,1H3.